The third kappa shape index (κ3) is 1.31. The van der Waals surface area contributed by atoms with Crippen LogP contribution in [0.2, 0.25) is 0 Å². The van der Waals surface area contributed by atoms with Gasteiger partial charge < -0.3 is 9.84 Å². The first-order valence-electron chi connectivity index (χ1n) is 5.22. The lowest BCUT2D eigenvalue weighted by Crippen LogP contribution is -2.56. The number of hydrogen-bond acceptors (Lipinski definition) is 3. The highest BCUT2D eigenvalue weighted by atomic mass is 16.6. The minimum atomic E-state index is -1.02. The SMILES string of the molecule is C=CCOC(=O)N1CC2(C)CC1(C(=O)O)C2. The second kappa shape index (κ2) is 3.23. The molecule has 0 atom stereocenters. The predicted molar refractivity (Wildman–Crippen MR) is 56.0 cm³/mol. The van der Waals surface area contributed by atoms with Crippen molar-refractivity contribution >= 4 is 12.1 Å². The molecule has 2 aliphatic heterocycles. The number of hydrogen-bond donors (Lipinski definition) is 1. The molecule has 0 aromatic heterocycles. The third-order valence-corrected chi connectivity index (χ3v) is 3.44. The van der Waals surface area contributed by atoms with Crippen LogP contribution >= 0.6 is 0 Å². The summed E-state index contributed by atoms with van der Waals surface area (Å²) in [6.07, 6.45) is 1.97. The molecule has 0 unspecified atom stereocenters. The standard InChI is InChI=1S/C11H15NO4/c1-3-4-16-9(15)12-7-10(2)5-11(12,6-10)8(13)14/h3H,1,4-7H2,2H3,(H,13,14). The number of rotatable bonds is 3. The molecule has 16 heavy (non-hydrogen) atoms. The van der Waals surface area contributed by atoms with Crippen LogP contribution in [0.3, 0.4) is 0 Å². The summed E-state index contributed by atoms with van der Waals surface area (Å²) in [7, 11) is 0. The van der Waals surface area contributed by atoms with E-state index in [-0.39, 0.29) is 12.0 Å². The van der Waals surface area contributed by atoms with Gasteiger partial charge in [0.2, 0.25) is 0 Å². The van der Waals surface area contributed by atoms with Gasteiger partial charge in [0.1, 0.15) is 12.1 Å². The van der Waals surface area contributed by atoms with E-state index in [0.29, 0.717) is 19.4 Å². The molecule has 0 radical (unpaired) electrons. The number of fused-ring (bicyclic) bond motifs is 1. The Hall–Kier alpha value is -1.52. The Bertz CT molecular complexity index is 357. The monoisotopic (exact) mass is 225 g/mol. The Morgan fingerprint density at radius 3 is 2.69 bits per heavy atom. The van der Waals surface area contributed by atoms with Gasteiger partial charge in [0.05, 0.1) is 0 Å². The van der Waals surface area contributed by atoms with Crippen LogP contribution in [0.15, 0.2) is 12.7 Å². The minimum Gasteiger partial charge on any atom is -0.479 e. The summed E-state index contributed by atoms with van der Waals surface area (Å²) in [5.41, 5.74) is -1.07. The van der Waals surface area contributed by atoms with E-state index < -0.39 is 17.6 Å². The van der Waals surface area contributed by atoms with Crippen LogP contribution in [0.1, 0.15) is 19.8 Å². The van der Waals surface area contributed by atoms with Crippen molar-refractivity contribution in [1.29, 1.82) is 0 Å². The first kappa shape index (κ1) is 11.0. The van der Waals surface area contributed by atoms with Gasteiger partial charge in [-0.1, -0.05) is 19.6 Å². The summed E-state index contributed by atoms with van der Waals surface area (Å²) in [5.74, 6) is -0.932. The summed E-state index contributed by atoms with van der Waals surface area (Å²) < 4.78 is 4.90. The largest absolute Gasteiger partial charge is 0.479 e. The van der Waals surface area contributed by atoms with Gasteiger partial charge >= 0.3 is 12.1 Å². The molecule has 1 N–H and O–H groups in total. The van der Waals surface area contributed by atoms with Crippen molar-refractivity contribution in [2.24, 2.45) is 5.41 Å². The van der Waals surface area contributed by atoms with Gasteiger partial charge in [-0.05, 0) is 18.3 Å². The summed E-state index contributed by atoms with van der Waals surface area (Å²) in [4.78, 5) is 24.3. The minimum absolute atomic E-state index is 0.0500. The number of aliphatic carboxylic acids is 1. The van der Waals surface area contributed by atoms with Crippen molar-refractivity contribution in [2.45, 2.75) is 25.3 Å². The number of carbonyl (C=O) groups is 2. The zero-order valence-electron chi connectivity index (χ0n) is 9.23. The number of ether oxygens (including phenoxy) is 1. The molecule has 3 rings (SSSR count). The van der Waals surface area contributed by atoms with Crippen LogP contribution in [0.25, 0.3) is 0 Å². The lowest BCUT2D eigenvalue weighted by Gasteiger charge is -2.42. The topological polar surface area (TPSA) is 66.8 Å². The molecule has 2 bridgehead atoms. The quantitative estimate of drug-likeness (QED) is 0.734. The van der Waals surface area contributed by atoms with Crippen molar-refractivity contribution < 1.29 is 19.4 Å². The lowest BCUT2D eigenvalue weighted by atomic mass is 9.63. The van der Waals surface area contributed by atoms with Crippen molar-refractivity contribution in [3.05, 3.63) is 12.7 Å². The molecule has 1 amide bonds. The summed E-state index contributed by atoms with van der Waals surface area (Å²) in [5, 5.41) is 9.20. The van der Waals surface area contributed by atoms with Crippen molar-refractivity contribution in [1.82, 2.24) is 4.90 Å². The first-order valence-corrected chi connectivity index (χ1v) is 5.22. The zero-order valence-corrected chi connectivity index (χ0v) is 9.23. The number of carboxylic acids is 1. The number of carbonyl (C=O) groups excluding carboxylic acids is 1. The maximum atomic E-state index is 11.7. The third-order valence-electron chi connectivity index (χ3n) is 3.44. The van der Waals surface area contributed by atoms with Crippen LogP contribution in [-0.2, 0) is 9.53 Å². The fourth-order valence-electron chi connectivity index (χ4n) is 2.91. The van der Waals surface area contributed by atoms with Gasteiger partial charge in [0.25, 0.3) is 0 Å². The maximum absolute atomic E-state index is 11.7. The van der Waals surface area contributed by atoms with E-state index in [9.17, 15) is 14.7 Å². The van der Waals surface area contributed by atoms with Gasteiger partial charge in [-0.25, -0.2) is 9.59 Å². The van der Waals surface area contributed by atoms with Gasteiger partial charge in [0, 0.05) is 6.54 Å². The van der Waals surface area contributed by atoms with Crippen molar-refractivity contribution in [3.63, 3.8) is 0 Å². The van der Waals surface area contributed by atoms with E-state index in [1.54, 1.807) is 0 Å². The van der Waals surface area contributed by atoms with Crippen LogP contribution in [0.4, 0.5) is 4.79 Å². The Morgan fingerprint density at radius 2 is 2.19 bits per heavy atom. The smallest absolute Gasteiger partial charge is 0.411 e. The van der Waals surface area contributed by atoms with Crippen molar-refractivity contribution in [3.8, 4) is 0 Å². The van der Waals surface area contributed by atoms with E-state index >= 15 is 0 Å². The van der Waals surface area contributed by atoms with Crippen LogP contribution < -0.4 is 0 Å². The average molecular weight is 225 g/mol. The number of nitrogens with zero attached hydrogens (tertiary/aromatic N) is 1. The summed E-state index contributed by atoms with van der Waals surface area (Å²) in [6, 6.07) is 0. The molecule has 88 valence electrons. The van der Waals surface area contributed by atoms with E-state index in [4.69, 9.17) is 4.74 Å². The van der Waals surface area contributed by atoms with Gasteiger partial charge in [-0.15, -0.1) is 0 Å². The molecule has 0 aromatic carbocycles. The van der Waals surface area contributed by atoms with Gasteiger partial charge in [-0.3, -0.25) is 4.90 Å². The van der Waals surface area contributed by atoms with Gasteiger partial charge in [0.15, 0.2) is 0 Å². The fourth-order valence-corrected chi connectivity index (χ4v) is 2.91. The van der Waals surface area contributed by atoms with E-state index in [2.05, 4.69) is 6.58 Å². The molecule has 0 aromatic rings. The van der Waals surface area contributed by atoms with Crippen LogP contribution in [0.5, 0.6) is 0 Å². The van der Waals surface area contributed by atoms with E-state index in [1.165, 1.54) is 11.0 Å². The number of amides is 1. The highest BCUT2D eigenvalue weighted by Crippen LogP contribution is 2.59. The predicted octanol–water partition coefficient (Wildman–Crippen LogP) is 1.25. The molecule has 0 spiro atoms. The average Bonchev–Trinajstić information content (AvgIpc) is 2.63. The normalized spacial score (nSPS) is 35.4. The number of carboxylic acid groups (broad SMARTS) is 1. The molecule has 2 saturated heterocycles. The van der Waals surface area contributed by atoms with Crippen molar-refractivity contribution in [2.75, 3.05) is 13.2 Å². The van der Waals surface area contributed by atoms with E-state index in [0.717, 1.165) is 0 Å². The summed E-state index contributed by atoms with van der Waals surface area (Å²) >= 11 is 0. The second-order valence-electron chi connectivity index (χ2n) is 4.95. The molecular formula is C11H15NO4. The van der Waals surface area contributed by atoms with Crippen LogP contribution in [0, 0.1) is 5.41 Å². The summed E-state index contributed by atoms with van der Waals surface area (Å²) in [6.45, 7) is 6.02. The van der Waals surface area contributed by atoms with Crippen LogP contribution in [-0.4, -0.2) is 40.8 Å². The molecule has 1 saturated carbocycles. The Labute approximate surface area is 93.7 Å². The molecular weight excluding hydrogens is 210 g/mol. The maximum Gasteiger partial charge on any atom is 0.411 e. The lowest BCUT2D eigenvalue weighted by molar-refractivity contribution is -0.153. The Morgan fingerprint density at radius 1 is 1.56 bits per heavy atom. The molecule has 3 fully saturated rings. The highest BCUT2D eigenvalue weighted by molar-refractivity contribution is 5.87. The molecule has 1 aliphatic carbocycles. The fraction of sp³-hybridized carbons (Fsp3) is 0.636. The highest BCUT2D eigenvalue weighted by Gasteiger charge is 2.69. The molecule has 5 heteroatoms. The molecule has 2 heterocycles. The Balaban J connectivity index is 2.13. The first-order chi connectivity index (χ1) is 7.43. The second-order valence-corrected chi connectivity index (χ2v) is 4.95. The Kier molecular flexibility index (Phi) is 2.22. The van der Waals surface area contributed by atoms with E-state index in [1.807, 2.05) is 6.92 Å². The molecule has 3 aliphatic rings. The van der Waals surface area contributed by atoms with Gasteiger partial charge in [-0.2, -0.15) is 0 Å². The molecule has 5 nitrogen and oxygen atoms in total. The zero-order chi connectivity index (χ0) is 12.0.